The van der Waals surface area contributed by atoms with Crippen molar-refractivity contribution in [3.63, 3.8) is 0 Å². The largest absolute Gasteiger partial charge is 0.465 e. The summed E-state index contributed by atoms with van der Waals surface area (Å²) in [7, 11) is 0. The second-order valence-corrected chi connectivity index (χ2v) is 4.98. The van der Waals surface area contributed by atoms with Crippen LogP contribution < -0.4 is 10.1 Å². The molecule has 0 saturated heterocycles. The molecule has 1 N–H and O–H groups in total. The summed E-state index contributed by atoms with van der Waals surface area (Å²) in [4.78, 5) is 4.14. The molecule has 1 rings (SSSR count). The van der Waals surface area contributed by atoms with Crippen LogP contribution in [0.2, 0.25) is 0 Å². The molecule has 0 amide bonds. The number of rotatable bonds is 6. The number of alkyl halides is 3. The Morgan fingerprint density at radius 3 is 2.40 bits per heavy atom. The summed E-state index contributed by atoms with van der Waals surface area (Å²) in [6.07, 6.45) is -6.26. The molecular formula is C14H21F3N2O. The molecule has 0 aliphatic heterocycles. The van der Waals surface area contributed by atoms with Gasteiger partial charge in [0.15, 0.2) is 6.10 Å². The number of hydrogen-bond acceptors (Lipinski definition) is 3. The van der Waals surface area contributed by atoms with Crippen LogP contribution in [0.3, 0.4) is 0 Å². The minimum Gasteiger partial charge on any atom is -0.465 e. The lowest BCUT2D eigenvalue weighted by Gasteiger charge is -2.18. The third-order valence-corrected chi connectivity index (χ3v) is 2.81. The molecular weight excluding hydrogens is 269 g/mol. The van der Waals surface area contributed by atoms with E-state index in [-0.39, 0.29) is 11.8 Å². The van der Waals surface area contributed by atoms with E-state index in [1.807, 2.05) is 26.8 Å². The second kappa shape index (κ2) is 6.92. The predicted molar refractivity (Wildman–Crippen MR) is 71.9 cm³/mol. The Balaban J connectivity index is 2.96. The highest BCUT2D eigenvalue weighted by molar-refractivity contribution is 5.27. The van der Waals surface area contributed by atoms with Gasteiger partial charge in [0.1, 0.15) is 0 Å². The molecule has 1 aromatic heterocycles. The van der Waals surface area contributed by atoms with E-state index in [0.29, 0.717) is 6.54 Å². The quantitative estimate of drug-likeness (QED) is 0.868. The summed E-state index contributed by atoms with van der Waals surface area (Å²) < 4.78 is 42.5. The van der Waals surface area contributed by atoms with Gasteiger partial charge in [-0.25, -0.2) is 4.98 Å². The monoisotopic (exact) mass is 290 g/mol. The first-order valence-electron chi connectivity index (χ1n) is 6.69. The third-order valence-electron chi connectivity index (χ3n) is 2.81. The fourth-order valence-corrected chi connectivity index (χ4v) is 1.56. The first kappa shape index (κ1) is 16.8. The standard InChI is InChI=1S/C14H21F3N2O/c1-5-18-8-11-6-12(9(2)3)19-13(7-11)20-10(4)14(15,16)17/h6-7,9-10,18H,5,8H2,1-4H3. The van der Waals surface area contributed by atoms with Crippen LogP contribution in [-0.2, 0) is 6.54 Å². The van der Waals surface area contributed by atoms with Gasteiger partial charge in [-0.15, -0.1) is 0 Å². The summed E-state index contributed by atoms with van der Waals surface area (Å²) >= 11 is 0. The molecule has 1 atom stereocenters. The van der Waals surface area contributed by atoms with Crippen LogP contribution >= 0.6 is 0 Å². The van der Waals surface area contributed by atoms with Crippen LogP contribution in [0.15, 0.2) is 12.1 Å². The smallest absolute Gasteiger partial charge is 0.425 e. The Labute approximate surface area is 117 Å². The molecule has 1 aromatic rings. The van der Waals surface area contributed by atoms with Gasteiger partial charge in [0.2, 0.25) is 5.88 Å². The lowest BCUT2D eigenvalue weighted by Crippen LogP contribution is -2.31. The minimum absolute atomic E-state index is 0.0222. The predicted octanol–water partition coefficient (Wildman–Crippen LogP) is 3.64. The highest BCUT2D eigenvalue weighted by atomic mass is 19.4. The molecule has 1 unspecified atom stereocenters. The molecule has 6 heteroatoms. The Kier molecular flexibility index (Phi) is 5.80. The number of nitrogens with zero attached hydrogens (tertiary/aromatic N) is 1. The van der Waals surface area contributed by atoms with E-state index in [0.717, 1.165) is 24.7 Å². The normalized spacial score (nSPS) is 13.6. The molecule has 0 aliphatic carbocycles. The molecule has 0 fully saturated rings. The molecule has 114 valence electrons. The number of pyridine rings is 1. The maximum Gasteiger partial charge on any atom is 0.425 e. The summed E-state index contributed by atoms with van der Waals surface area (Å²) in [5.74, 6) is 0.147. The molecule has 0 spiro atoms. The van der Waals surface area contributed by atoms with Crippen molar-refractivity contribution in [3.8, 4) is 5.88 Å². The fraction of sp³-hybridized carbons (Fsp3) is 0.643. The van der Waals surface area contributed by atoms with Gasteiger partial charge in [-0.2, -0.15) is 13.2 Å². The minimum atomic E-state index is -4.39. The van der Waals surface area contributed by atoms with Gasteiger partial charge in [-0.1, -0.05) is 20.8 Å². The van der Waals surface area contributed by atoms with E-state index < -0.39 is 12.3 Å². The number of hydrogen-bond donors (Lipinski definition) is 1. The maximum atomic E-state index is 12.5. The Morgan fingerprint density at radius 1 is 1.25 bits per heavy atom. The van der Waals surface area contributed by atoms with Crippen molar-refractivity contribution in [1.29, 1.82) is 0 Å². The summed E-state index contributed by atoms with van der Waals surface area (Å²) in [5.41, 5.74) is 1.60. The van der Waals surface area contributed by atoms with Crippen LogP contribution in [0.5, 0.6) is 5.88 Å². The number of nitrogens with one attached hydrogen (secondary N) is 1. The van der Waals surface area contributed by atoms with Gasteiger partial charge < -0.3 is 10.1 Å². The highest BCUT2D eigenvalue weighted by Gasteiger charge is 2.38. The van der Waals surface area contributed by atoms with Crippen molar-refractivity contribution in [3.05, 3.63) is 23.4 Å². The zero-order chi connectivity index (χ0) is 15.3. The summed E-state index contributed by atoms with van der Waals surface area (Å²) in [6.45, 7) is 8.19. The Hall–Kier alpha value is -1.30. The Morgan fingerprint density at radius 2 is 1.90 bits per heavy atom. The lowest BCUT2D eigenvalue weighted by atomic mass is 10.1. The van der Waals surface area contributed by atoms with Crippen molar-refractivity contribution < 1.29 is 17.9 Å². The first-order valence-corrected chi connectivity index (χ1v) is 6.69. The summed E-state index contributed by atoms with van der Waals surface area (Å²) in [6, 6.07) is 3.44. The van der Waals surface area contributed by atoms with Crippen LogP contribution in [0.25, 0.3) is 0 Å². The number of aromatic nitrogens is 1. The van der Waals surface area contributed by atoms with E-state index in [4.69, 9.17) is 4.74 Å². The number of ether oxygens (including phenoxy) is 1. The molecule has 0 saturated carbocycles. The van der Waals surface area contributed by atoms with Crippen molar-refractivity contribution in [2.45, 2.75) is 52.4 Å². The van der Waals surface area contributed by atoms with Crippen molar-refractivity contribution in [1.82, 2.24) is 10.3 Å². The first-order chi connectivity index (χ1) is 9.24. The fourth-order valence-electron chi connectivity index (χ4n) is 1.56. The van der Waals surface area contributed by atoms with Gasteiger partial charge >= 0.3 is 6.18 Å². The third kappa shape index (κ3) is 5.00. The molecule has 0 radical (unpaired) electrons. The summed E-state index contributed by atoms with van der Waals surface area (Å²) in [5, 5.41) is 3.14. The van der Waals surface area contributed by atoms with Gasteiger partial charge in [-0.05, 0) is 31.0 Å². The van der Waals surface area contributed by atoms with Crippen molar-refractivity contribution in [2.24, 2.45) is 0 Å². The number of halogens is 3. The van der Waals surface area contributed by atoms with Crippen molar-refractivity contribution in [2.75, 3.05) is 6.54 Å². The van der Waals surface area contributed by atoms with E-state index in [1.165, 1.54) is 0 Å². The van der Waals surface area contributed by atoms with E-state index in [2.05, 4.69) is 10.3 Å². The molecule has 0 aromatic carbocycles. The molecule has 0 aliphatic rings. The molecule has 1 heterocycles. The van der Waals surface area contributed by atoms with Gasteiger partial charge in [0, 0.05) is 18.3 Å². The van der Waals surface area contributed by atoms with Crippen molar-refractivity contribution >= 4 is 0 Å². The maximum absolute atomic E-state index is 12.5. The average molecular weight is 290 g/mol. The van der Waals surface area contributed by atoms with E-state index in [9.17, 15) is 13.2 Å². The van der Waals surface area contributed by atoms with Crippen LogP contribution in [0, 0.1) is 0 Å². The molecule has 3 nitrogen and oxygen atoms in total. The SMILES string of the molecule is CCNCc1cc(OC(C)C(F)(F)F)nc(C(C)C)c1. The highest BCUT2D eigenvalue weighted by Crippen LogP contribution is 2.26. The van der Waals surface area contributed by atoms with Crippen LogP contribution in [0.1, 0.15) is 44.9 Å². The molecule has 0 bridgehead atoms. The Bertz CT molecular complexity index is 433. The van der Waals surface area contributed by atoms with E-state index in [1.54, 1.807) is 6.07 Å². The van der Waals surface area contributed by atoms with Crippen LogP contribution in [-0.4, -0.2) is 23.8 Å². The van der Waals surface area contributed by atoms with Gasteiger partial charge in [-0.3, -0.25) is 0 Å². The zero-order valence-electron chi connectivity index (χ0n) is 12.2. The topological polar surface area (TPSA) is 34.1 Å². The zero-order valence-corrected chi connectivity index (χ0v) is 12.2. The average Bonchev–Trinajstić information content (AvgIpc) is 2.34. The lowest BCUT2D eigenvalue weighted by molar-refractivity contribution is -0.190. The van der Waals surface area contributed by atoms with E-state index >= 15 is 0 Å². The second-order valence-electron chi connectivity index (χ2n) is 4.98. The van der Waals surface area contributed by atoms with Gasteiger partial charge in [0.05, 0.1) is 0 Å². The molecule has 20 heavy (non-hydrogen) atoms. The van der Waals surface area contributed by atoms with Gasteiger partial charge in [0.25, 0.3) is 0 Å². The van der Waals surface area contributed by atoms with Crippen LogP contribution in [0.4, 0.5) is 13.2 Å².